The molecule has 0 aliphatic rings. The Labute approximate surface area is 161 Å². The number of esters is 1. The third kappa shape index (κ3) is 5.68. The lowest BCUT2D eigenvalue weighted by atomic mass is 10.1. The van der Waals surface area contributed by atoms with E-state index in [-0.39, 0.29) is 16.3 Å². The highest BCUT2D eigenvalue weighted by atomic mass is 35.5. The molecule has 2 aromatic carbocycles. The van der Waals surface area contributed by atoms with Crippen LogP contribution in [0.3, 0.4) is 0 Å². The van der Waals surface area contributed by atoms with Gasteiger partial charge >= 0.3 is 12.1 Å². The minimum atomic E-state index is -4.75. The Morgan fingerprint density at radius 1 is 1.18 bits per heavy atom. The summed E-state index contributed by atoms with van der Waals surface area (Å²) in [6.07, 6.45) is -5.23. The van der Waals surface area contributed by atoms with Crippen molar-refractivity contribution in [2.45, 2.75) is 12.6 Å². The first-order chi connectivity index (χ1) is 13.1. The molecule has 0 aliphatic heterocycles. The standard InChI is InChI=1S/C17H12ClF3N2O5/c18-11-5-6-13(12(8-11)17(19,20)21)22-15(24)9-28-16(25)7-10-3-1-2-4-14(10)23(26)27/h1-6,8H,7,9H2,(H,22,24). The number of carbonyl (C=O) groups excluding carboxylic acids is 2. The highest BCUT2D eigenvalue weighted by Crippen LogP contribution is 2.36. The first-order valence-corrected chi connectivity index (χ1v) is 8.00. The highest BCUT2D eigenvalue weighted by molar-refractivity contribution is 6.30. The zero-order valence-corrected chi connectivity index (χ0v) is 14.7. The van der Waals surface area contributed by atoms with Crippen molar-refractivity contribution in [3.05, 3.63) is 68.7 Å². The molecule has 2 aromatic rings. The summed E-state index contributed by atoms with van der Waals surface area (Å²) >= 11 is 5.54. The molecule has 0 heterocycles. The molecule has 28 heavy (non-hydrogen) atoms. The van der Waals surface area contributed by atoms with Gasteiger partial charge in [-0.3, -0.25) is 19.7 Å². The third-order valence-corrected chi connectivity index (χ3v) is 3.68. The van der Waals surface area contributed by atoms with E-state index in [1.165, 1.54) is 24.3 Å². The quantitative estimate of drug-likeness (QED) is 0.436. The van der Waals surface area contributed by atoms with Crippen molar-refractivity contribution in [3.63, 3.8) is 0 Å². The van der Waals surface area contributed by atoms with Crippen LogP contribution in [0.1, 0.15) is 11.1 Å². The number of hydrogen-bond donors (Lipinski definition) is 1. The van der Waals surface area contributed by atoms with E-state index in [1.807, 2.05) is 5.32 Å². The summed E-state index contributed by atoms with van der Waals surface area (Å²) in [6, 6.07) is 8.24. The molecule has 0 aromatic heterocycles. The predicted octanol–water partition coefficient (Wildman–Crippen LogP) is 3.99. The van der Waals surface area contributed by atoms with Gasteiger partial charge in [0.1, 0.15) is 0 Å². The van der Waals surface area contributed by atoms with E-state index in [1.54, 1.807) is 0 Å². The number of anilines is 1. The zero-order chi connectivity index (χ0) is 20.9. The predicted molar refractivity (Wildman–Crippen MR) is 92.8 cm³/mol. The Morgan fingerprint density at radius 3 is 2.50 bits per heavy atom. The van der Waals surface area contributed by atoms with Gasteiger partial charge in [0, 0.05) is 16.7 Å². The molecule has 0 bridgehead atoms. The molecule has 7 nitrogen and oxygen atoms in total. The first-order valence-electron chi connectivity index (χ1n) is 7.62. The lowest BCUT2D eigenvalue weighted by molar-refractivity contribution is -0.385. The topological polar surface area (TPSA) is 98.5 Å². The van der Waals surface area contributed by atoms with Crippen molar-refractivity contribution in [2.75, 3.05) is 11.9 Å². The van der Waals surface area contributed by atoms with E-state index in [4.69, 9.17) is 11.6 Å². The number of nitro benzene ring substituents is 1. The smallest absolute Gasteiger partial charge is 0.418 e. The number of alkyl halides is 3. The highest BCUT2D eigenvalue weighted by Gasteiger charge is 2.34. The van der Waals surface area contributed by atoms with E-state index in [9.17, 15) is 32.9 Å². The molecule has 0 spiro atoms. The van der Waals surface area contributed by atoms with Gasteiger partial charge in [0.15, 0.2) is 6.61 Å². The number of nitrogens with one attached hydrogen (secondary N) is 1. The van der Waals surface area contributed by atoms with Crippen LogP contribution in [0, 0.1) is 10.1 Å². The normalized spacial score (nSPS) is 11.0. The number of nitro groups is 1. The number of benzene rings is 2. The average Bonchev–Trinajstić information content (AvgIpc) is 2.61. The van der Waals surface area contributed by atoms with Crippen molar-refractivity contribution < 1.29 is 32.4 Å². The van der Waals surface area contributed by atoms with Crippen molar-refractivity contribution in [1.82, 2.24) is 0 Å². The van der Waals surface area contributed by atoms with Crippen molar-refractivity contribution in [2.24, 2.45) is 0 Å². The van der Waals surface area contributed by atoms with Crippen molar-refractivity contribution in [3.8, 4) is 0 Å². The molecule has 0 atom stereocenters. The summed E-state index contributed by atoms with van der Waals surface area (Å²) in [5, 5.41) is 12.7. The molecule has 0 saturated heterocycles. The minimum absolute atomic E-state index is 0.0787. The Kier molecular flexibility index (Phi) is 6.57. The monoisotopic (exact) mass is 416 g/mol. The molecule has 0 radical (unpaired) electrons. The summed E-state index contributed by atoms with van der Waals surface area (Å²) in [4.78, 5) is 33.8. The van der Waals surface area contributed by atoms with E-state index in [2.05, 4.69) is 4.74 Å². The SMILES string of the molecule is O=C(COC(=O)Cc1ccccc1[N+](=O)[O-])Nc1ccc(Cl)cc1C(F)(F)F. The lowest BCUT2D eigenvalue weighted by Crippen LogP contribution is -2.23. The van der Waals surface area contributed by atoms with Gasteiger partial charge in [-0.25, -0.2) is 0 Å². The Hall–Kier alpha value is -3.14. The fraction of sp³-hybridized carbons (Fsp3) is 0.176. The van der Waals surface area contributed by atoms with E-state index in [0.29, 0.717) is 6.07 Å². The van der Waals surface area contributed by atoms with Gasteiger partial charge in [-0.15, -0.1) is 0 Å². The summed E-state index contributed by atoms with van der Waals surface area (Å²) in [7, 11) is 0. The number of carbonyl (C=O) groups is 2. The summed E-state index contributed by atoms with van der Waals surface area (Å²) in [5.41, 5.74) is -1.91. The number of para-hydroxylation sites is 1. The molecule has 1 N–H and O–H groups in total. The molecule has 0 fully saturated rings. The molecule has 148 valence electrons. The zero-order valence-electron chi connectivity index (χ0n) is 14.0. The molecule has 11 heteroatoms. The van der Waals surface area contributed by atoms with Crippen molar-refractivity contribution in [1.29, 1.82) is 0 Å². The van der Waals surface area contributed by atoms with Crippen LogP contribution < -0.4 is 5.32 Å². The number of amides is 1. The van der Waals surface area contributed by atoms with Gasteiger partial charge in [-0.1, -0.05) is 29.8 Å². The molecule has 0 saturated carbocycles. The van der Waals surface area contributed by atoms with Crippen LogP contribution in [0.2, 0.25) is 5.02 Å². The van der Waals surface area contributed by atoms with E-state index >= 15 is 0 Å². The number of nitrogens with zero attached hydrogens (tertiary/aromatic N) is 1. The number of rotatable bonds is 6. The number of hydrogen-bond acceptors (Lipinski definition) is 5. The van der Waals surface area contributed by atoms with Crippen LogP contribution in [0.15, 0.2) is 42.5 Å². The summed E-state index contributed by atoms with van der Waals surface area (Å²) < 4.78 is 43.6. The maximum atomic E-state index is 13.0. The van der Waals surface area contributed by atoms with Crippen LogP contribution in [-0.2, 0) is 26.9 Å². The van der Waals surface area contributed by atoms with Crippen LogP contribution in [0.4, 0.5) is 24.5 Å². The minimum Gasteiger partial charge on any atom is -0.455 e. The number of ether oxygens (including phenoxy) is 1. The van der Waals surface area contributed by atoms with Gasteiger partial charge in [0.25, 0.3) is 11.6 Å². The fourth-order valence-electron chi connectivity index (χ4n) is 2.24. The summed E-state index contributed by atoms with van der Waals surface area (Å²) in [5.74, 6) is -1.96. The second-order valence-electron chi connectivity index (χ2n) is 5.46. The third-order valence-electron chi connectivity index (χ3n) is 3.45. The van der Waals surface area contributed by atoms with Gasteiger partial charge in [-0.2, -0.15) is 13.2 Å². The first kappa shape index (κ1) is 21.2. The van der Waals surface area contributed by atoms with Crippen LogP contribution >= 0.6 is 11.6 Å². The maximum Gasteiger partial charge on any atom is 0.418 e. The van der Waals surface area contributed by atoms with Crippen LogP contribution in [0.5, 0.6) is 0 Å². The Balaban J connectivity index is 1.98. The Bertz CT molecular complexity index is 918. The van der Waals surface area contributed by atoms with Gasteiger partial charge in [0.2, 0.25) is 0 Å². The Morgan fingerprint density at radius 2 is 1.86 bits per heavy atom. The molecule has 1 amide bonds. The lowest BCUT2D eigenvalue weighted by Gasteiger charge is -2.14. The maximum absolute atomic E-state index is 13.0. The van der Waals surface area contributed by atoms with E-state index in [0.717, 1.165) is 12.1 Å². The molecule has 0 aliphatic carbocycles. The average molecular weight is 417 g/mol. The summed E-state index contributed by atoms with van der Waals surface area (Å²) in [6.45, 7) is -0.862. The van der Waals surface area contributed by atoms with Gasteiger partial charge in [0.05, 0.1) is 22.6 Å². The molecular weight excluding hydrogens is 405 g/mol. The van der Waals surface area contributed by atoms with Gasteiger partial charge < -0.3 is 10.1 Å². The van der Waals surface area contributed by atoms with Crippen molar-refractivity contribution >= 4 is 34.9 Å². The van der Waals surface area contributed by atoms with E-state index < -0.39 is 47.3 Å². The molecule has 0 unspecified atom stereocenters. The number of halogens is 4. The largest absolute Gasteiger partial charge is 0.455 e. The van der Waals surface area contributed by atoms with Crippen LogP contribution in [-0.4, -0.2) is 23.4 Å². The van der Waals surface area contributed by atoms with Gasteiger partial charge in [-0.05, 0) is 18.2 Å². The second kappa shape index (κ2) is 8.70. The fourth-order valence-corrected chi connectivity index (χ4v) is 2.41. The molecule has 2 rings (SSSR count). The van der Waals surface area contributed by atoms with Crippen LogP contribution in [0.25, 0.3) is 0 Å². The molecular formula is C17H12ClF3N2O5. The second-order valence-corrected chi connectivity index (χ2v) is 5.90.